The van der Waals surface area contributed by atoms with Crippen molar-refractivity contribution in [2.45, 2.75) is 31.2 Å². The van der Waals surface area contributed by atoms with E-state index in [4.69, 9.17) is 32.7 Å². The summed E-state index contributed by atoms with van der Waals surface area (Å²) in [5, 5.41) is 7.94. The largest absolute Gasteiger partial charge is 0.356 e. The van der Waals surface area contributed by atoms with Crippen molar-refractivity contribution in [2.24, 2.45) is 0 Å². The topological polar surface area (TPSA) is 60.0 Å². The molecule has 2 aromatic rings. The summed E-state index contributed by atoms with van der Waals surface area (Å²) in [7, 11) is 1.64. The number of aromatic nitrogens is 3. The minimum absolute atomic E-state index is 0.250. The molecule has 1 N–H and O–H groups in total. The molecule has 0 bridgehead atoms. The molecule has 0 amide bonds. The Morgan fingerprint density at radius 2 is 2.33 bits per heavy atom. The molecule has 0 aliphatic carbocycles. The van der Waals surface area contributed by atoms with Crippen molar-refractivity contribution in [3.05, 3.63) is 46.0 Å². The Bertz CT molecular complexity index is 621. The van der Waals surface area contributed by atoms with E-state index in [0.717, 1.165) is 24.2 Å². The maximum Gasteiger partial charge on any atom is 0.158 e. The Morgan fingerprint density at radius 1 is 1.48 bits per heavy atom. The van der Waals surface area contributed by atoms with Crippen LogP contribution < -0.4 is 0 Å². The Labute approximate surface area is 132 Å². The summed E-state index contributed by atoms with van der Waals surface area (Å²) in [6.07, 6.45) is 3.36. The van der Waals surface area contributed by atoms with Gasteiger partial charge in [0, 0.05) is 35.6 Å². The van der Waals surface area contributed by atoms with Gasteiger partial charge in [-0.15, -0.1) is 0 Å². The molecule has 7 heteroatoms. The molecule has 112 valence electrons. The highest BCUT2D eigenvalue weighted by Crippen LogP contribution is 2.44. The van der Waals surface area contributed by atoms with Crippen LogP contribution in [0.3, 0.4) is 0 Å². The number of rotatable bonds is 4. The molecular formula is C14H15Cl2N3O2. The maximum atomic E-state index is 6.38. The van der Waals surface area contributed by atoms with E-state index in [1.54, 1.807) is 13.2 Å². The zero-order chi connectivity index (χ0) is 14.9. The molecule has 0 spiro atoms. The van der Waals surface area contributed by atoms with Gasteiger partial charge in [-0.1, -0.05) is 29.3 Å². The van der Waals surface area contributed by atoms with Crippen molar-refractivity contribution < 1.29 is 9.47 Å². The fourth-order valence-corrected chi connectivity index (χ4v) is 3.34. The second-order valence-corrected chi connectivity index (χ2v) is 5.89. The monoisotopic (exact) mass is 327 g/mol. The normalized spacial score (nSPS) is 25.4. The predicted octanol–water partition coefficient (Wildman–Crippen LogP) is 3.33. The first kappa shape index (κ1) is 14.8. The van der Waals surface area contributed by atoms with Crippen molar-refractivity contribution in [1.29, 1.82) is 0 Å². The number of hydrogen-bond acceptors (Lipinski definition) is 4. The van der Waals surface area contributed by atoms with Gasteiger partial charge in [-0.3, -0.25) is 5.10 Å². The molecule has 1 aromatic heterocycles. The van der Waals surface area contributed by atoms with Gasteiger partial charge in [0.15, 0.2) is 6.29 Å². The first-order valence-corrected chi connectivity index (χ1v) is 7.39. The van der Waals surface area contributed by atoms with Crippen LogP contribution in [0.2, 0.25) is 10.0 Å². The molecule has 21 heavy (non-hydrogen) atoms. The minimum Gasteiger partial charge on any atom is -0.356 e. The number of H-pyrrole nitrogens is 1. The lowest BCUT2D eigenvalue weighted by molar-refractivity contribution is -0.158. The lowest BCUT2D eigenvalue weighted by Gasteiger charge is -2.30. The Morgan fingerprint density at radius 3 is 2.95 bits per heavy atom. The van der Waals surface area contributed by atoms with E-state index in [0.29, 0.717) is 16.5 Å². The first-order chi connectivity index (χ1) is 10.1. The van der Waals surface area contributed by atoms with Crippen LogP contribution in [0.5, 0.6) is 0 Å². The number of aromatic amines is 1. The molecule has 2 atom stereocenters. The van der Waals surface area contributed by atoms with Gasteiger partial charge >= 0.3 is 0 Å². The Balaban J connectivity index is 1.99. The third-order valence-corrected chi connectivity index (χ3v) is 4.29. The number of nitrogens with one attached hydrogen (secondary N) is 1. The molecule has 5 nitrogen and oxygen atoms in total. The number of halogens is 2. The SMILES string of the molecule is COC1CCC(Cc2ncn[nH]2)(c2ccc(Cl)cc2Cl)O1. The van der Waals surface area contributed by atoms with E-state index in [-0.39, 0.29) is 6.29 Å². The smallest absolute Gasteiger partial charge is 0.158 e. The Hall–Kier alpha value is -1.14. The van der Waals surface area contributed by atoms with E-state index in [2.05, 4.69) is 15.2 Å². The predicted molar refractivity (Wildman–Crippen MR) is 79.3 cm³/mol. The van der Waals surface area contributed by atoms with Crippen molar-refractivity contribution in [1.82, 2.24) is 15.2 Å². The van der Waals surface area contributed by atoms with E-state index in [9.17, 15) is 0 Å². The third kappa shape index (κ3) is 2.92. The molecule has 2 unspecified atom stereocenters. The minimum atomic E-state index is -0.581. The average molecular weight is 328 g/mol. The van der Waals surface area contributed by atoms with Crippen LogP contribution in [0.1, 0.15) is 24.2 Å². The number of nitrogens with zero attached hydrogens (tertiary/aromatic N) is 2. The fraction of sp³-hybridized carbons (Fsp3) is 0.429. The van der Waals surface area contributed by atoms with E-state index in [1.807, 2.05) is 12.1 Å². The number of hydrogen-bond donors (Lipinski definition) is 1. The summed E-state index contributed by atoms with van der Waals surface area (Å²) in [4.78, 5) is 4.19. The molecule has 0 radical (unpaired) electrons. The van der Waals surface area contributed by atoms with Crippen molar-refractivity contribution in [3.63, 3.8) is 0 Å². The number of methoxy groups -OCH3 is 1. The van der Waals surface area contributed by atoms with E-state index in [1.165, 1.54) is 6.33 Å². The van der Waals surface area contributed by atoms with Gasteiger partial charge in [0.25, 0.3) is 0 Å². The lowest BCUT2D eigenvalue weighted by Crippen LogP contribution is -2.30. The highest BCUT2D eigenvalue weighted by atomic mass is 35.5. The zero-order valence-corrected chi connectivity index (χ0v) is 13.0. The summed E-state index contributed by atoms with van der Waals surface area (Å²) in [5.74, 6) is 0.748. The first-order valence-electron chi connectivity index (χ1n) is 6.63. The lowest BCUT2D eigenvalue weighted by atomic mass is 9.87. The maximum absolute atomic E-state index is 6.38. The van der Waals surface area contributed by atoms with Crippen molar-refractivity contribution in [2.75, 3.05) is 7.11 Å². The van der Waals surface area contributed by atoms with Gasteiger partial charge in [-0.25, -0.2) is 4.98 Å². The summed E-state index contributed by atoms with van der Waals surface area (Å²) in [6, 6.07) is 5.44. The van der Waals surface area contributed by atoms with Gasteiger partial charge in [-0.05, 0) is 18.6 Å². The summed E-state index contributed by atoms with van der Waals surface area (Å²) in [6.45, 7) is 0. The molecule has 1 saturated heterocycles. The van der Waals surface area contributed by atoms with Crippen LogP contribution in [0.25, 0.3) is 0 Å². The molecule has 1 aromatic carbocycles. The highest BCUT2D eigenvalue weighted by molar-refractivity contribution is 6.35. The van der Waals surface area contributed by atoms with Crippen LogP contribution in [0.4, 0.5) is 0 Å². The van der Waals surface area contributed by atoms with Crippen molar-refractivity contribution in [3.8, 4) is 0 Å². The number of ether oxygens (including phenoxy) is 2. The van der Waals surface area contributed by atoms with Gasteiger partial charge in [0.05, 0.1) is 0 Å². The standard InChI is InChI=1S/C14H15Cl2N3O2/c1-20-13-4-5-14(21-13,7-12-17-8-18-19-12)10-3-2-9(15)6-11(10)16/h2-3,6,8,13H,4-5,7H2,1H3,(H,17,18,19). The molecule has 0 saturated carbocycles. The van der Waals surface area contributed by atoms with Gasteiger partial charge in [0.1, 0.15) is 17.8 Å². The van der Waals surface area contributed by atoms with Crippen LogP contribution in [-0.4, -0.2) is 28.6 Å². The summed E-state index contributed by atoms with van der Waals surface area (Å²) in [5.41, 5.74) is 0.312. The highest BCUT2D eigenvalue weighted by Gasteiger charge is 2.44. The van der Waals surface area contributed by atoms with E-state index >= 15 is 0 Å². The second-order valence-electron chi connectivity index (χ2n) is 5.05. The van der Waals surface area contributed by atoms with Crippen LogP contribution >= 0.6 is 23.2 Å². The summed E-state index contributed by atoms with van der Waals surface area (Å²) >= 11 is 12.4. The van der Waals surface area contributed by atoms with Crippen LogP contribution in [0.15, 0.2) is 24.5 Å². The van der Waals surface area contributed by atoms with E-state index < -0.39 is 5.60 Å². The van der Waals surface area contributed by atoms with Gasteiger partial charge < -0.3 is 9.47 Å². The average Bonchev–Trinajstić information content (AvgIpc) is 3.09. The molecule has 2 heterocycles. The number of benzene rings is 1. The fourth-order valence-electron chi connectivity index (χ4n) is 2.76. The van der Waals surface area contributed by atoms with Gasteiger partial charge in [0.2, 0.25) is 0 Å². The molecule has 1 aliphatic heterocycles. The Kier molecular flexibility index (Phi) is 4.17. The molecular weight excluding hydrogens is 313 g/mol. The second kappa shape index (κ2) is 5.93. The van der Waals surface area contributed by atoms with Crippen LogP contribution in [0, 0.1) is 0 Å². The molecule has 1 aliphatic rings. The molecule has 1 fully saturated rings. The van der Waals surface area contributed by atoms with Crippen molar-refractivity contribution >= 4 is 23.2 Å². The zero-order valence-electron chi connectivity index (χ0n) is 11.5. The third-order valence-electron chi connectivity index (χ3n) is 3.74. The quantitative estimate of drug-likeness (QED) is 0.935. The molecule has 3 rings (SSSR count). The summed E-state index contributed by atoms with van der Waals surface area (Å²) < 4.78 is 11.5. The van der Waals surface area contributed by atoms with Gasteiger partial charge in [-0.2, -0.15) is 5.10 Å². The van der Waals surface area contributed by atoms with Crippen LogP contribution in [-0.2, 0) is 21.5 Å².